The topological polar surface area (TPSA) is 47.9 Å². The molecule has 0 amide bonds. The summed E-state index contributed by atoms with van der Waals surface area (Å²) in [5.74, 6) is 1.12. The van der Waals surface area contributed by atoms with Crippen LogP contribution in [0.2, 0.25) is 0 Å². The molecule has 2 rings (SSSR count). The van der Waals surface area contributed by atoms with Crippen LogP contribution >= 0.6 is 22.9 Å². The van der Waals surface area contributed by atoms with Crippen molar-refractivity contribution in [2.24, 2.45) is 0 Å². The summed E-state index contributed by atoms with van der Waals surface area (Å²) >= 11 is 7.17. The third-order valence-electron chi connectivity index (χ3n) is 1.97. The van der Waals surface area contributed by atoms with Crippen LogP contribution in [0.1, 0.15) is 5.01 Å². The Balaban J connectivity index is 2.34. The molecule has 0 atom stereocenters. The van der Waals surface area contributed by atoms with E-state index in [0.717, 1.165) is 22.0 Å². The number of nitrogens with zero attached hydrogens (tertiary/aromatic N) is 3. The van der Waals surface area contributed by atoms with E-state index in [-0.39, 0.29) is 0 Å². The molecule has 2 aromatic rings. The summed E-state index contributed by atoms with van der Waals surface area (Å²) in [4.78, 5) is 4.12. The van der Waals surface area contributed by atoms with Crippen molar-refractivity contribution < 1.29 is 4.74 Å². The van der Waals surface area contributed by atoms with Gasteiger partial charge in [0.2, 0.25) is 5.88 Å². The zero-order valence-corrected chi connectivity index (χ0v) is 10.3. The van der Waals surface area contributed by atoms with Crippen molar-refractivity contribution in [2.75, 3.05) is 13.0 Å². The predicted molar refractivity (Wildman–Crippen MR) is 64.1 cm³/mol. The van der Waals surface area contributed by atoms with Crippen molar-refractivity contribution in [3.8, 4) is 16.5 Å². The van der Waals surface area contributed by atoms with Gasteiger partial charge in [0, 0.05) is 18.5 Å². The monoisotopic (exact) mass is 255 g/mol. The molecular formula is C10H10ClN3OS. The van der Waals surface area contributed by atoms with Crippen molar-refractivity contribution in [3.05, 3.63) is 23.3 Å². The minimum atomic E-state index is 0.554. The molecule has 0 aliphatic carbocycles. The van der Waals surface area contributed by atoms with E-state index in [1.165, 1.54) is 11.3 Å². The van der Waals surface area contributed by atoms with E-state index in [1.807, 2.05) is 12.1 Å². The fourth-order valence-electron chi connectivity index (χ4n) is 1.26. The van der Waals surface area contributed by atoms with E-state index in [2.05, 4.69) is 15.2 Å². The van der Waals surface area contributed by atoms with Gasteiger partial charge in [0.05, 0.1) is 12.7 Å². The fraction of sp³-hybridized carbons (Fsp3) is 0.300. The van der Waals surface area contributed by atoms with Crippen molar-refractivity contribution in [1.29, 1.82) is 0 Å². The summed E-state index contributed by atoms with van der Waals surface area (Å²) < 4.78 is 5.17. The van der Waals surface area contributed by atoms with Gasteiger partial charge in [-0.3, -0.25) is 0 Å². The molecule has 0 aliphatic heterocycles. The Kier molecular flexibility index (Phi) is 3.69. The van der Waals surface area contributed by atoms with E-state index < -0.39 is 0 Å². The van der Waals surface area contributed by atoms with Crippen LogP contribution in [-0.4, -0.2) is 28.2 Å². The summed E-state index contributed by atoms with van der Waals surface area (Å²) in [6.45, 7) is 0. The summed E-state index contributed by atoms with van der Waals surface area (Å²) in [6.07, 6.45) is 2.42. The molecule has 0 saturated heterocycles. The number of methoxy groups -OCH3 is 1. The SMILES string of the molecule is COc1ncccc1-c1nnc(CCCl)s1. The highest BCUT2D eigenvalue weighted by atomic mass is 35.5. The van der Waals surface area contributed by atoms with Crippen LogP contribution in [0.4, 0.5) is 0 Å². The third-order valence-corrected chi connectivity index (χ3v) is 3.18. The van der Waals surface area contributed by atoms with Gasteiger partial charge in [0.25, 0.3) is 0 Å². The summed E-state index contributed by atoms with van der Waals surface area (Å²) in [6, 6.07) is 3.76. The van der Waals surface area contributed by atoms with Gasteiger partial charge in [-0.25, -0.2) is 4.98 Å². The number of alkyl halides is 1. The van der Waals surface area contributed by atoms with E-state index in [1.54, 1.807) is 13.3 Å². The summed E-state index contributed by atoms with van der Waals surface area (Å²) in [5.41, 5.74) is 0.864. The highest BCUT2D eigenvalue weighted by Gasteiger charge is 2.11. The zero-order valence-electron chi connectivity index (χ0n) is 8.68. The molecule has 0 radical (unpaired) electrons. The largest absolute Gasteiger partial charge is 0.480 e. The molecule has 0 unspecified atom stereocenters. The molecule has 0 fully saturated rings. The normalized spacial score (nSPS) is 10.4. The molecule has 84 valence electrons. The van der Waals surface area contributed by atoms with Crippen LogP contribution in [0, 0.1) is 0 Å². The highest BCUT2D eigenvalue weighted by molar-refractivity contribution is 7.14. The van der Waals surface area contributed by atoms with Crippen LogP contribution in [-0.2, 0) is 6.42 Å². The van der Waals surface area contributed by atoms with Crippen LogP contribution in [0.3, 0.4) is 0 Å². The Bertz CT molecular complexity index is 475. The minimum Gasteiger partial charge on any atom is -0.480 e. The van der Waals surface area contributed by atoms with E-state index in [0.29, 0.717) is 11.8 Å². The Morgan fingerprint density at radius 1 is 1.44 bits per heavy atom. The number of rotatable bonds is 4. The Hall–Kier alpha value is -1.20. The number of aromatic nitrogens is 3. The lowest BCUT2D eigenvalue weighted by Gasteiger charge is -2.02. The smallest absolute Gasteiger partial charge is 0.223 e. The molecule has 0 N–H and O–H groups in total. The van der Waals surface area contributed by atoms with Gasteiger partial charge in [-0.05, 0) is 12.1 Å². The molecule has 6 heteroatoms. The number of hydrogen-bond donors (Lipinski definition) is 0. The second-order valence-corrected chi connectivity index (χ2v) is 4.44. The van der Waals surface area contributed by atoms with Gasteiger partial charge in [0.15, 0.2) is 5.01 Å². The Morgan fingerprint density at radius 2 is 2.31 bits per heavy atom. The first kappa shape index (κ1) is 11.3. The van der Waals surface area contributed by atoms with E-state index in [4.69, 9.17) is 16.3 Å². The molecule has 0 bridgehead atoms. The summed E-state index contributed by atoms with van der Waals surface area (Å²) in [5, 5.41) is 9.90. The molecular weight excluding hydrogens is 246 g/mol. The standard InChI is InChI=1S/C10H10ClN3OS/c1-15-9-7(3-2-6-12-9)10-14-13-8(16-10)4-5-11/h2-3,6H,4-5H2,1H3. The van der Waals surface area contributed by atoms with Crippen LogP contribution in [0.15, 0.2) is 18.3 Å². The maximum absolute atomic E-state index is 5.65. The average Bonchev–Trinajstić information content (AvgIpc) is 2.78. The molecule has 0 saturated carbocycles. The molecule has 0 spiro atoms. The van der Waals surface area contributed by atoms with E-state index >= 15 is 0 Å². The quantitative estimate of drug-likeness (QED) is 0.787. The molecule has 2 aromatic heterocycles. The zero-order chi connectivity index (χ0) is 11.4. The second kappa shape index (κ2) is 5.23. The molecule has 4 nitrogen and oxygen atoms in total. The average molecular weight is 256 g/mol. The van der Waals surface area contributed by atoms with Crippen molar-refractivity contribution >= 4 is 22.9 Å². The first-order valence-electron chi connectivity index (χ1n) is 4.73. The number of pyridine rings is 1. The molecule has 0 aliphatic rings. The molecule has 16 heavy (non-hydrogen) atoms. The third kappa shape index (κ3) is 2.31. The Labute approximate surface area is 102 Å². The lowest BCUT2D eigenvalue weighted by molar-refractivity contribution is 0.399. The minimum absolute atomic E-state index is 0.554. The highest BCUT2D eigenvalue weighted by Crippen LogP contribution is 2.29. The second-order valence-electron chi connectivity index (χ2n) is 3.00. The maximum atomic E-state index is 5.65. The van der Waals surface area contributed by atoms with Crippen molar-refractivity contribution in [3.63, 3.8) is 0 Å². The van der Waals surface area contributed by atoms with Gasteiger partial charge in [-0.2, -0.15) is 0 Å². The molecule has 2 heterocycles. The lowest BCUT2D eigenvalue weighted by atomic mass is 10.3. The van der Waals surface area contributed by atoms with Crippen LogP contribution < -0.4 is 4.74 Å². The number of ether oxygens (including phenoxy) is 1. The first-order valence-corrected chi connectivity index (χ1v) is 6.08. The number of aryl methyl sites for hydroxylation is 1. The number of hydrogen-bond acceptors (Lipinski definition) is 5. The Morgan fingerprint density at radius 3 is 3.06 bits per heavy atom. The first-order chi connectivity index (χ1) is 7.85. The van der Waals surface area contributed by atoms with Crippen molar-refractivity contribution in [2.45, 2.75) is 6.42 Å². The fourth-order valence-corrected chi connectivity index (χ4v) is 2.41. The molecule has 0 aromatic carbocycles. The van der Waals surface area contributed by atoms with Crippen molar-refractivity contribution in [1.82, 2.24) is 15.2 Å². The number of halogens is 1. The van der Waals surface area contributed by atoms with Gasteiger partial charge in [0.1, 0.15) is 5.01 Å². The van der Waals surface area contributed by atoms with E-state index in [9.17, 15) is 0 Å². The predicted octanol–water partition coefficient (Wildman–Crippen LogP) is 2.39. The maximum Gasteiger partial charge on any atom is 0.223 e. The van der Waals surface area contributed by atoms with Gasteiger partial charge >= 0.3 is 0 Å². The van der Waals surface area contributed by atoms with Gasteiger partial charge in [-0.1, -0.05) is 11.3 Å². The summed E-state index contributed by atoms with van der Waals surface area (Å²) in [7, 11) is 1.59. The van der Waals surface area contributed by atoms with Crippen LogP contribution in [0.5, 0.6) is 5.88 Å². The lowest BCUT2D eigenvalue weighted by Crippen LogP contribution is -1.90. The van der Waals surface area contributed by atoms with Gasteiger partial charge in [-0.15, -0.1) is 21.8 Å². The van der Waals surface area contributed by atoms with Crippen LogP contribution in [0.25, 0.3) is 10.6 Å². The van der Waals surface area contributed by atoms with Gasteiger partial charge < -0.3 is 4.74 Å².